The maximum absolute atomic E-state index is 13.5. The van der Waals surface area contributed by atoms with Crippen LogP contribution in [0.1, 0.15) is 12.8 Å². The summed E-state index contributed by atoms with van der Waals surface area (Å²) in [6, 6.07) is 7.80. The van der Waals surface area contributed by atoms with Gasteiger partial charge < -0.3 is 25.4 Å². The fourth-order valence-corrected chi connectivity index (χ4v) is 3.77. The fraction of sp³-hybridized carbons (Fsp3) is 0.292. The van der Waals surface area contributed by atoms with Crippen LogP contribution in [-0.4, -0.2) is 84.3 Å². The molecule has 3 aromatic rings. The predicted octanol–water partition coefficient (Wildman–Crippen LogP) is 3.13. The third-order valence-corrected chi connectivity index (χ3v) is 5.59. The minimum Gasteiger partial charge on any atom is -0.489 e. The van der Waals surface area contributed by atoms with Gasteiger partial charge in [0.1, 0.15) is 30.3 Å². The first-order valence-electron chi connectivity index (χ1n) is 12.3. The first-order valence-corrected chi connectivity index (χ1v) is 15.4. The summed E-state index contributed by atoms with van der Waals surface area (Å²) in [6.07, 6.45) is 4.73. The Kier molecular flexibility index (Phi) is 14.2. The van der Waals surface area contributed by atoms with Gasteiger partial charge in [0, 0.05) is 30.3 Å². The van der Waals surface area contributed by atoms with Crippen LogP contribution in [0.15, 0.2) is 48.3 Å². The Morgan fingerprint density at radius 2 is 1.68 bits per heavy atom. The van der Waals surface area contributed by atoms with Gasteiger partial charge in [0.15, 0.2) is 0 Å². The van der Waals surface area contributed by atoms with Crippen LogP contribution in [0.2, 0.25) is 5.02 Å². The van der Waals surface area contributed by atoms with Gasteiger partial charge in [0.2, 0.25) is 5.91 Å². The molecule has 242 valence electrons. The number of carbonyl (C=O) groups excluding carboxylic acids is 1. The second-order valence-corrected chi connectivity index (χ2v) is 10.8. The second kappa shape index (κ2) is 17.1. The summed E-state index contributed by atoms with van der Waals surface area (Å²) in [7, 11) is -7.75. The molecule has 0 aliphatic carbocycles. The lowest BCUT2D eigenvalue weighted by atomic mass is 10.1. The van der Waals surface area contributed by atoms with E-state index in [4.69, 9.17) is 56.1 Å². The number of benzene rings is 2. The molecule has 1 aliphatic rings. The average Bonchev–Trinajstić information content (AvgIpc) is 2.90. The lowest BCUT2D eigenvalue weighted by molar-refractivity contribution is -0.112. The van der Waals surface area contributed by atoms with Crippen molar-refractivity contribution in [1.29, 1.82) is 0 Å². The number of halogens is 2. The normalized spacial score (nSPS) is 13.1. The maximum atomic E-state index is 13.5. The molecule has 16 nitrogen and oxygen atoms in total. The van der Waals surface area contributed by atoms with Crippen LogP contribution >= 0.6 is 11.6 Å². The van der Waals surface area contributed by atoms with E-state index in [1.165, 1.54) is 18.5 Å². The molecule has 2 heterocycles. The third-order valence-electron chi connectivity index (χ3n) is 5.30. The highest BCUT2D eigenvalue weighted by Crippen LogP contribution is 2.34. The summed E-state index contributed by atoms with van der Waals surface area (Å²) in [4.78, 5) is 21.4. The fourth-order valence-electron chi connectivity index (χ4n) is 3.59. The number of amides is 1. The zero-order valence-electron chi connectivity index (χ0n) is 22.9. The number of piperidine rings is 1. The molecule has 2 aromatic carbocycles. The highest BCUT2D eigenvalue weighted by molar-refractivity contribution is 7.80. The molecular formula is C24H29ClFN5O11S2. The molecule has 0 bridgehead atoms. The van der Waals surface area contributed by atoms with Crippen LogP contribution in [0.25, 0.3) is 10.9 Å². The molecule has 0 spiro atoms. The number of nitrogens with zero attached hydrogens (tertiary/aromatic N) is 2. The van der Waals surface area contributed by atoms with Gasteiger partial charge in [-0.05, 0) is 50.2 Å². The molecule has 20 heteroatoms. The van der Waals surface area contributed by atoms with Gasteiger partial charge in [-0.25, -0.2) is 14.4 Å². The monoisotopic (exact) mass is 681 g/mol. The number of rotatable bonds is 8. The highest BCUT2D eigenvalue weighted by Gasteiger charge is 2.15. The van der Waals surface area contributed by atoms with Crippen molar-refractivity contribution in [2.45, 2.75) is 12.8 Å². The van der Waals surface area contributed by atoms with Crippen molar-refractivity contribution in [1.82, 2.24) is 15.3 Å². The van der Waals surface area contributed by atoms with E-state index in [1.54, 1.807) is 31.4 Å². The summed E-state index contributed by atoms with van der Waals surface area (Å²) in [6.45, 7) is 2.42. The molecule has 4 rings (SSSR count). The molecule has 1 aromatic heterocycles. The molecular weight excluding hydrogens is 653 g/mol. The molecule has 0 unspecified atom stereocenters. The SMILES string of the molecule is COCCOc1cc2ncnc(Nc3ccc(F)c(Cl)c3)c2cc1NC(=O)C=C1CCNCC1.O=S(=O)(O)O.O=S(=O)(O)O. The zero-order chi connectivity index (χ0) is 32.9. The smallest absolute Gasteiger partial charge is 0.394 e. The van der Waals surface area contributed by atoms with E-state index in [0.29, 0.717) is 47.1 Å². The van der Waals surface area contributed by atoms with E-state index in [9.17, 15) is 9.18 Å². The molecule has 1 amide bonds. The Balaban J connectivity index is 0.000000586. The van der Waals surface area contributed by atoms with Crippen molar-refractivity contribution < 1.29 is 53.7 Å². The lowest BCUT2D eigenvalue weighted by Crippen LogP contribution is -2.24. The van der Waals surface area contributed by atoms with Crippen molar-refractivity contribution in [3.8, 4) is 5.75 Å². The summed E-state index contributed by atoms with van der Waals surface area (Å²) < 4.78 is 87.6. The van der Waals surface area contributed by atoms with E-state index in [0.717, 1.165) is 31.5 Å². The molecule has 44 heavy (non-hydrogen) atoms. The van der Waals surface area contributed by atoms with Crippen molar-refractivity contribution >= 4 is 66.4 Å². The van der Waals surface area contributed by atoms with Crippen LogP contribution in [0, 0.1) is 5.82 Å². The molecule has 0 radical (unpaired) electrons. The Bertz CT molecular complexity index is 1640. The van der Waals surface area contributed by atoms with E-state index >= 15 is 0 Å². The van der Waals surface area contributed by atoms with Gasteiger partial charge in [-0.3, -0.25) is 23.0 Å². The van der Waals surface area contributed by atoms with Crippen LogP contribution in [0.5, 0.6) is 5.75 Å². The van der Waals surface area contributed by atoms with Crippen molar-refractivity contribution in [2.24, 2.45) is 0 Å². The van der Waals surface area contributed by atoms with Gasteiger partial charge in [0.05, 0.1) is 22.8 Å². The number of hydrogen-bond donors (Lipinski definition) is 7. The van der Waals surface area contributed by atoms with Crippen LogP contribution in [0.4, 0.5) is 21.6 Å². The first kappa shape index (κ1) is 36.7. The number of carbonyl (C=O) groups is 1. The Hall–Kier alpha value is -3.53. The number of nitrogens with one attached hydrogen (secondary N) is 3. The summed E-state index contributed by atoms with van der Waals surface area (Å²) >= 11 is 5.91. The topological polar surface area (TPSA) is 247 Å². The lowest BCUT2D eigenvalue weighted by Gasteiger charge is -2.16. The standard InChI is InChI=1S/C24H25ClFN5O3.2H2O4S/c1-33-8-9-34-22-13-20-17(12-21(22)31-23(32)10-15-4-6-27-7-5-15)24(29-14-28-20)30-16-2-3-19(26)18(25)11-16;2*1-5(2,3)4/h2-3,10-14,27H,4-9H2,1H3,(H,31,32)(H,28,29,30);2*(H2,1,2,3,4). The van der Waals surface area contributed by atoms with Crippen LogP contribution in [0.3, 0.4) is 0 Å². The molecule has 0 atom stereocenters. The largest absolute Gasteiger partial charge is 0.489 e. The molecule has 0 saturated carbocycles. The Morgan fingerprint density at radius 3 is 2.27 bits per heavy atom. The average molecular weight is 682 g/mol. The van der Waals surface area contributed by atoms with Gasteiger partial charge >= 0.3 is 20.8 Å². The third kappa shape index (κ3) is 14.8. The summed E-state index contributed by atoms with van der Waals surface area (Å²) in [5, 5.41) is 9.98. The summed E-state index contributed by atoms with van der Waals surface area (Å²) in [5.41, 5.74) is 2.74. The highest BCUT2D eigenvalue weighted by atomic mass is 35.5. The van der Waals surface area contributed by atoms with Gasteiger partial charge in [-0.15, -0.1) is 0 Å². The minimum absolute atomic E-state index is 0.00362. The van der Waals surface area contributed by atoms with Crippen LogP contribution < -0.4 is 20.7 Å². The van der Waals surface area contributed by atoms with Crippen molar-refractivity contribution in [3.63, 3.8) is 0 Å². The number of aromatic nitrogens is 2. The number of hydrogen-bond acceptors (Lipinski definition) is 11. The van der Waals surface area contributed by atoms with Gasteiger partial charge in [-0.1, -0.05) is 17.2 Å². The van der Waals surface area contributed by atoms with Crippen molar-refractivity contribution in [2.75, 3.05) is 44.0 Å². The quantitative estimate of drug-likeness (QED) is 0.102. The maximum Gasteiger partial charge on any atom is 0.394 e. The van der Waals surface area contributed by atoms with Crippen LogP contribution in [-0.2, 0) is 30.3 Å². The molecule has 7 N–H and O–H groups in total. The van der Waals surface area contributed by atoms with Crippen molar-refractivity contribution in [3.05, 3.63) is 59.1 Å². The number of anilines is 3. The number of fused-ring (bicyclic) bond motifs is 1. The number of ether oxygens (including phenoxy) is 2. The van der Waals surface area contributed by atoms with Gasteiger partial charge in [0.25, 0.3) is 0 Å². The minimum atomic E-state index is -4.67. The second-order valence-electron chi connectivity index (χ2n) is 8.62. The first-order chi connectivity index (χ1) is 20.5. The van der Waals surface area contributed by atoms with E-state index in [2.05, 4.69) is 25.9 Å². The molecule has 1 aliphatic heterocycles. The van der Waals surface area contributed by atoms with E-state index in [1.807, 2.05) is 0 Å². The molecule has 1 saturated heterocycles. The summed E-state index contributed by atoms with van der Waals surface area (Å²) in [5.74, 6) is 0.203. The van der Waals surface area contributed by atoms with Gasteiger partial charge in [-0.2, -0.15) is 16.8 Å². The molecule has 1 fully saturated rings. The van der Waals surface area contributed by atoms with E-state index < -0.39 is 26.6 Å². The number of methoxy groups -OCH3 is 1. The van der Waals surface area contributed by atoms with E-state index in [-0.39, 0.29) is 10.9 Å². The Morgan fingerprint density at radius 1 is 1.05 bits per heavy atom. The Labute approximate surface area is 256 Å². The zero-order valence-corrected chi connectivity index (χ0v) is 25.3. The predicted molar refractivity (Wildman–Crippen MR) is 159 cm³/mol.